The summed E-state index contributed by atoms with van der Waals surface area (Å²) in [7, 11) is 4.51. The minimum Gasteiger partial charge on any atom is -0.493 e. The van der Waals surface area contributed by atoms with Gasteiger partial charge in [-0.2, -0.15) is 11.8 Å². The molecular formula is C18H25NO6S. The summed E-state index contributed by atoms with van der Waals surface area (Å²) < 4.78 is 15.8. The van der Waals surface area contributed by atoms with Crippen molar-refractivity contribution in [1.29, 1.82) is 0 Å². The van der Waals surface area contributed by atoms with Crippen LogP contribution in [0.15, 0.2) is 18.2 Å². The number of ether oxygens (including phenoxy) is 3. The fraction of sp³-hybridized carbons (Fsp3) is 0.444. The largest absolute Gasteiger partial charge is 0.493 e. The van der Waals surface area contributed by atoms with Crippen molar-refractivity contribution in [1.82, 2.24) is 5.32 Å². The number of nitrogens with one attached hydrogen (secondary N) is 1. The lowest BCUT2D eigenvalue weighted by Gasteiger charge is -2.13. The van der Waals surface area contributed by atoms with E-state index in [1.165, 1.54) is 27.4 Å². The van der Waals surface area contributed by atoms with Crippen LogP contribution in [-0.2, 0) is 9.59 Å². The number of methoxy groups -OCH3 is 3. The molecule has 0 aromatic heterocycles. The Morgan fingerprint density at radius 3 is 2.27 bits per heavy atom. The van der Waals surface area contributed by atoms with Gasteiger partial charge in [-0.05, 0) is 41.7 Å². The van der Waals surface area contributed by atoms with Gasteiger partial charge in [0, 0.05) is 6.08 Å². The molecule has 0 fully saturated rings. The molecule has 1 rings (SSSR count). The summed E-state index contributed by atoms with van der Waals surface area (Å²) in [5, 5.41) is 11.7. The molecule has 2 N–H and O–H groups in total. The normalized spacial score (nSPS) is 11.8. The number of rotatable bonds is 11. The molecule has 7 nitrogen and oxygen atoms in total. The second kappa shape index (κ2) is 11.3. The Labute approximate surface area is 157 Å². The molecule has 8 heteroatoms. The summed E-state index contributed by atoms with van der Waals surface area (Å²) in [6.45, 7) is 2.00. The predicted molar refractivity (Wildman–Crippen MR) is 102 cm³/mol. The van der Waals surface area contributed by atoms with E-state index in [4.69, 9.17) is 14.2 Å². The van der Waals surface area contributed by atoms with E-state index in [1.807, 2.05) is 6.92 Å². The molecule has 1 unspecified atom stereocenters. The van der Waals surface area contributed by atoms with Gasteiger partial charge in [-0.1, -0.05) is 6.92 Å². The van der Waals surface area contributed by atoms with Crippen LogP contribution in [0.4, 0.5) is 0 Å². The molecule has 0 saturated carbocycles. The molecule has 0 aliphatic heterocycles. The molecule has 26 heavy (non-hydrogen) atoms. The van der Waals surface area contributed by atoms with Gasteiger partial charge in [0.05, 0.1) is 21.3 Å². The van der Waals surface area contributed by atoms with E-state index in [9.17, 15) is 14.7 Å². The van der Waals surface area contributed by atoms with Gasteiger partial charge in [0.1, 0.15) is 6.04 Å². The number of hydrogen-bond acceptors (Lipinski definition) is 6. The smallest absolute Gasteiger partial charge is 0.326 e. The Kier molecular flexibility index (Phi) is 9.43. The second-order valence-electron chi connectivity index (χ2n) is 5.18. The quantitative estimate of drug-likeness (QED) is 0.448. The fourth-order valence-electron chi connectivity index (χ4n) is 2.19. The first-order valence-electron chi connectivity index (χ1n) is 8.05. The van der Waals surface area contributed by atoms with Crippen LogP contribution in [0.3, 0.4) is 0 Å². The van der Waals surface area contributed by atoms with Gasteiger partial charge in [0.15, 0.2) is 11.5 Å². The van der Waals surface area contributed by atoms with Gasteiger partial charge in [-0.3, -0.25) is 4.79 Å². The molecule has 0 radical (unpaired) electrons. The third kappa shape index (κ3) is 6.51. The van der Waals surface area contributed by atoms with E-state index in [2.05, 4.69) is 5.32 Å². The van der Waals surface area contributed by atoms with Gasteiger partial charge in [0.2, 0.25) is 11.7 Å². The Balaban J connectivity index is 2.85. The van der Waals surface area contributed by atoms with Crippen molar-refractivity contribution >= 4 is 29.7 Å². The SMILES string of the molecule is CCSCCC(NC(=O)/C=C/c1cc(OC)c(OC)c(OC)c1)C(=O)O. The first-order valence-corrected chi connectivity index (χ1v) is 9.21. The molecule has 0 saturated heterocycles. The highest BCUT2D eigenvalue weighted by atomic mass is 32.2. The standard InChI is InChI=1S/C18H25NO6S/c1-5-26-9-8-13(18(21)22)19-16(20)7-6-12-10-14(23-2)17(25-4)15(11-12)24-3/h6-7,10-11,13H,5,8-9H2,1-4H3,(H,19,20)(H,21,22)/b7-6+. The minimum atomic E-state index is -1.05. The average molecular weight is 383 g/mol. The number of carboxylic acids is 1. The number of aliphatic carboxylic acids is 1. The summed E-state index contributed by atoms with van der Waals surface area (Å²) in [6.07, 6.45) is 3.21. The van der Waals surface area contributed by atoms with E-state index in [0.717, 1.165) is 5.75 Å². The van der Waals surface area contributed by atoms with E-state index in [1.54, 1.807) is 30.0 Å². The molecule has 1 amide bonds. The lowest BCUT2D eigenvalue weighted by atomic mass is 10.1. The number of benzene rings is 1. The van der Waals surface area contributed by atoms with Crippen molar-refractivity contribution in [3.8, 4) is 17.2 Å². The maximum absolute atomic E-state index is 12.0. The molecule has 0 aliphatic rings. The van der Waals surface area contributed by atoms with Crippen LogP contribution in [0.2, 0.25) is 0 Å². The third-order valence-corrected chi connectivity index (χ3v) is 4.42. The maximum Gasteiger partial charge on any atom is 0.326 e. The Morgan fingerprint density at radius 2 is 1.81 bits per heavy atom. The van der Waals surface area contributed by atoms with Gasteiger partial charge in [0.25, 0.3) is 0 Å². The van der Waals surface area contributed by atoms with E-state index in [0.29, 0.717) is 35.0 Å². The monoisotopic (exact) mass is 383 g/mol. The van der Waals surface area contributed by atoms with Crippen molar-refractivity contribution < 1.29 is 28.9 Å². The van der Waals surface area contributed by atoms with E-state index in [-0.39, 0.29) is 0 Å². The minimum absolute atomic E-state index is 0.373. The molecule has 1 aromatic carbocycles. The van der Waals surface area contributed by atoms with Crippen molar-refractivity contribution in [3.63, 3.8) is 0 Å². The topological polar surface area (TPSA) is 94.1 Å². The van der Waals surface area contributed by atoms with Crippen LogP contribution in [0.1, 0.15) is 18.9 Å². The number of hydrogen-bond donors (Lipinski definition) is 2. The molecule has 0 heterocycles. The zero-order valence-electron chi connectivity index (χ0n) is 15.4. The second-order valence-corrected chi connectivity index (χ2v) is 6.57. The van der Waals surface area contributed by atoms with Crippen molar-refractivity contribution in [3.05, 3.63) is 23.8 Å². The Morgan fingerprint density at radius 1 is 1.19 bits per heavy atom. The highest BCUT2D eigenvalue weighted by Gasteiger charge is 2.18. The number of thioether (sulfide) groups is 1. The summed E-state index contributed by atoms with van der Waals surface area (Å²) in [6, 6.07) is 2.47. The zero-order valence-corrected chi connectivity index (χ0v) is 16.2. The molecule has 0 bridgehead atoms. The number of amides is 1. The fourth-order valence-corrected chi connectivity index (χ4v) is 2.88. The molecule has 144 valence electrons. The third-order valence-electron chi connectivity index (χ3n) is 3.48. The van der Waals surface area contributed by atoms with Crippen LogP contribution in [-0.4, -0.2) is 55.9 Å². The molecule has 1 atom stereocenters. The van der Waals surface area contributed by atoms with Gasteiger partial charge in [-0.15, -0.1) is 0 Å². The molecule has 0 aliphatic carbocycles. The van der Waals surface area contributed by atoms with E-state index >= 15 is 0 Å². The molecule has 1 aromatic rings. The van der Waals surface area contributed by atoms with E-state index < -0.39 is 17.9 Å². The molecule has 0 spiro atoms. The van der Waals surface area contributed by atoms with Crippen LogP contribution >= 0.6 is 11.8 Å². The number of carbonyl (C=O) groups excluding carboxylic acids is 1. The summed E-state index contributed by atoms with van der Waals surface area (Å²) in [5.74, 6) is 1.43. The maximum atomic E-state index is 12.0. The molecular weight excluding hydrogens is 358 g/mol. The number of carbonyl (C=O) groups is 2. The Hall–Kier alpha value is -2.35. The lowest BCUT2D eigenvalue weighted by molar-refractivity contribution is -0.141. The Bertz CT molecular complexity index is 622. The summed E-state index contributed by atoms with van der Waals surface area (Å²) in [4.78, 5) is 23.3. The zero-order chi connectivity index (χ0) is 19.5. The van der Waals surface area contributed by atoms with Gasteiger partial charge < -0.3 is 24.6 Å². The van der Waals surface area contributed by atoms with Crippen LogP contribution < -0.4 is 19.5 Å². The van der Waals surface area contributed by atoms with Crippen molar-refractivity contribution in [2.75, 3.05) is 32.8 Å². The first kappa shape index (κ1) is 21.7. The average Bonchev–Trinajstić information content (AvgIpc) is 2.64. The van der Waals surface area contributed by atoms with Crippen molar-refractivity contribution in [2.24, 2.45) is 0 Å². The van der Waals surface area contributed by atoms with Gasteiger partial charge in [-0.25, -0.2) is 4.79 Å². The number of carboxylic acid groups (broad SMARTS) is 1. The van der Waals surface area contributed by atoms with Crippen LogP contribution in [0.5, 0.6) is 17.2 Å². The van der Waals surface area contributed by atoms with Crippen LogP contribution in [0.25, 0.3) is 6.08 Å². The van der Waals surface area contributed by atoms with Crippen LogP contribution in [0, 0.1) is 0 Å². The highest BCUT2D eigenvalue weighted by molar-refractivity contribution is 7.99. The predicted octanol–water partition coefficient (Wildman–Crippen LogP) is 2.44. The summed E-state index contributed by atoms with van der Waals surface area (Å²) >= 11 is 1.63. The van der Waals surface area contributed by atoms with Gasteiger partial charge >= 0.3 is 5.97 Å². The lowest BCUT2D eigenvalue weighted by Crippen LogP contribution is -2.40. The summed E-state index contributed by atoms with van der Waals surface area (Å²) in [5.41, 5.74) is 0.656. The first-order chi connectivity index (χ1) is 12.5. The van der Waals surface area contributed by atoms with Crippen molar-refractivity contribution in [2.45, 2.75) is 19.4 Å². The highest BCUT2D eigenvalue weighted by Crippen LogP contribution is 2.38.